The van der Waals surface area contributed by atoms with Crippen molar-refractivity contribution in [3.05, 3.63) is 23.2 Å². The molecule has 1 aliphatic rings. The molecule has 6 nitrogen and oxygen atoms in total. The number of aryl methyl sites for hydroxylation is 2. The van der Waals surface area contributed by atoms with Crippen LogP contribution < -0.4 is 4.90 Å². The van der Waals surface area contributed by atoms with Crippen LogP contribution in [0.25, 0.3) is 0 Å². The van der Waals surface area contributed by atoms with Crippen LogP contribution in [0.15, 0.2) is 12.4 Å². The Morgan fingerprint density at radius 1 is 1.35 bits per heavy atom. The first kappa shape index (κ1) is 13.5. The van der Waals surface area contributed by atoms with E-state index in [0.29, 0.717) is 0 Å². The monoisotopic (exact) mass is 293 g/mol. The standard InChI is InChI=1S/C13H19N5OS/c1-9-15-16-13(20-9)18-6-3-10(4-7-18)11(19)12-14-5-8-17(12)2/h5,8,10-11,19H,3-4,6-7H2,1-2H3. The molecule has 2 aromatic rings. The summed E-state index contributed by atoms with van der Waals surface area (Å²) in [5, 5.41) is 20.7. The Labute approximate surface area is 122 Å². The van der Waals surface area contributed by atoms with Crippen LogP contribution in [0, 0.1) is 12.8 Å². The third kappa shape index (κ3) is 2.55. The van der Waals surface area contributed by atoms with Gasteiger partial charge in [0.15, 0.2) is 0 Å². The van der Waals surface area contributed by atoms with Gasteiger partial charge in [-0.2, -0.15) is 0 Å². The Hall–Kier alpha value is -1.47. The first-order valence-electron chi connectivity index (χ1n) is 6.85. The van der Waals surface area contributed by atoms with Gasteiger partial charge >= 0.3 is 0 Å². The molecule has 1 N–H and O–H groups in total. The Morgan fingerprint density at radius 3 is 2.65 bits per heavy atom. The van der Waals surface area contributed by atoms with Crippen LogP contribution >= 0.6 is 11.3 Å². The number of anilines is 1. The Morgan fingerprint density at radius 2 is 2.10 bits per heavy atom. The van der Waals surface area contributed by atoms with Gasteiger partial charge in [-0.3, -0.25) is 0 Å². The number of piperidine rings is 1. The number of rotatable bonds is 3. The summed E-state index contributed by atoms with van der Waals surface area (Å²) in [6, 6.07) is 0. The second kappa shape index (κ2) is 5.49. The van der Waals surface area contributed by atoms with Gasteiger partial charge in [0.1, 0.15) is 16.9 Å². The Balaban J connectivity index is 1.62. The van der Waals surface area contributed by atoms with E-state index in [-0.39, 0.29) is 5.92 Å². The van der Waals surface area contributed by atoms with Gasteiger partial charge in [-0.05, 0) is 25.7 Å². The molecular weight excluding hydrogens is 274 g/mol. The van der Waals surface area contributed by atoms with Gasteiger partial charge in [0, 0.05) is 32.5 Å². The van der Waals surface area contributed by atoms with E-state index in [4.69, 9.17) is 0 Å². The van der Waals surface area contributed by atoms with E-state index >= 15 is 0 Å². The number of aliphatic hydroxyl groups excluding tert-OH is 1. The molecule has 1 aliphatic heterocycles. The largest absolute Gasteiger partial charge is 0.385 e. The third-order valence-corrected chi connectivity index (χ3v) is 4.79. The summed E-state index contributed by atoms with van der Waals surface area (Å²) in [7, 11) is 1.92. The molecule has 2 aromatic heterocycles. The highest BCUT2D eigenvalue weighted by Crippen LogP contribution is 2.32. The molecular formula is C13H19N5OS. The zero-order valence-electron chi connectivity index (χ0n) is 11.7. The summed E-state index contributed by atoms with van der Waals surface area (Å²) in [4.78, 5) is 6.51. The van der Waals surface area contributed by atoms with Crippen molar-refractivity contribution in [2.75, 3.05) is 18.0 Å². The average Bonchev–Trinajstić information content (AvgIpc) is 3.07. The van der Waals surface area contributed by atoms with Gasteiger partial charge in [0.2, 0.25) is 5.13 Å². The van der Waals surface area contributed by atoms with Gasteiger partial charge in [-0.25, -0.2) is 4.98 Å². The fourth-order valence-electron chi connectivity index (χ4n) is 2.69. The maximum Gasteiger partial charge on any atom is 0.208 e. The highest BCUT2D eigenvalue weighted by atomic mass is 32.1. The van der Waals surface area contributed by atoms with Gasteiger partial charge in [-0.1, -0.05) is 11.3 Å². The average molecular weight is 293 g/mol. The second-order valence-corrected chi connectivity index (χ2v) is 6.43. The van der Waals surface area contributed by atoms with Gasteiger partial charge in [0.05, 0.1) is 0 Å². The number of aromatic nitrogens is 4. The molecule has 7 heteroatoms. The second-order valence-electron chi connectivity index (χ2n) is 5.27. The molecule has 1 fully saturated rings. The SMILES string of the molecule is Cc1nnc(N2CCC(C(O)c3nccn3C)CC2)s1. The third-order valence-electron chi connectivity index (χ3n) is 3.90. The zero-order valence-corrected chi connectivity index (χ0v) is 12.5. The molecule has 0 aliphatic carbocycles. The summed E-state index contributed by atoms with van der Waals surface area (Å²) in [6.45, 7) is 3.81. The number of hydrogen-bond acceptors (Lipinski definition) is 6. The van der Waals surface area contributed by atoms with E-state index in [1.165, 1.54) is 0 Å². The number of nitrogens with zero attached hydrogens (tertiary/aromatic N) is 5. The number of hydrogen-bond donors (Lipinski definition) is 1. The Bertz CT molecular complexity index is 573. The summed E-state index contributed by atoms with van der Waals surface area (Å²) in [6.07, 6.45) is 5.03. The van der Waals surface area contributed by atoms with E-state index in [9.17, 15) is 5.11 Å². The lowest BCUT2D eigenvalue weighted by Gasteiger charge is -2.33. The van der Waals surface area contributed by atoms with Crippen LogP contribution in [-0.4, -0.2) is 37.9 Å². The first-order chi connectivity index (χ1) is 9.65. The predicted octanol–water partition coefficient (Wildman–Crippen LogP) is 1.53. The van der Waals surface area contributed by atoms with Crippen molar-refractivity contribution in [3.63, 3.8) is 0 Å². The van der Waals surface area contributed by atoms with E-state index < -0.39 is 6.10 Å². The first-order valence-corrected chi connectivity index (χ1v) is 7.67. The van der Waals surface area contributed by atoms with Crippen molar-refractivity contribution < 1.29 is 5.11 Å². The molecule has 20 heavy (non-hydrogen) atoms. The smallest absolute Gasteiger partial charge is 0.208 e. The highest BCUT2D eigenvalue weighted by molar-refractivity contribution is 7.15. The zero-order chi connectivity index (χ0) is 14.1. The molecule has 1 unspecified atom stereocenters. The highest BCUT2D eigenvalue weighted by Gasteiger charge is 2.29. The van der Waals surface area contributed by atoms with Crippen LogP contribution in [0.4, 0.5) is 5.13 Å². The maximum atomic E-state index is 10.4. The van der Waals surface area contributed by atoms with Crippen molar-refractivity contribution in [2.24, 2.45) is 13.0 Å². The van der Waals surface area contributed by atoms with Gasteiger partial charge < -0.3 is 14.6 Å². The molecule has 0 aromatic carbocycles. The van der Waals surface area contributed by atoms with Crippen LogP contribution in [0.2, 0.25) is 0 Å². The molecule has 0 radical (unpaired) electrons. The molecule has 3 rings (SSSR count). The van der Waals surface area contributed by atoms with Gasteiger partial charge in [0.25, 0.3) is 0 Å². The number of imidazole rings is 1. The minimum atomic E-state index is -0.478. The van der Waals surface area contributed by atoms with Crippen molar-refractivity contribution >= 4 is 16.5 Å². The van der Waals surface area contributed by atoms with Crippen LogP contribution in [0.5, 0.6) is 0 Å². The molecule has 0 bridgehead atoms. The molecule has 3 heterocycles. The predicted molar refractivity (Wildman–Crippen MR) is 77.8 cm³/mol. The van der Waals surface area contributed by atoms with Crippen molar-refractivity contribution in [1.82, 2.24) is 19.7 Å². The van der Waals surface area contributed by atoms with E-state index in [0.717, 1.165) is 41.9 Å². The van der Waals surface area contributed by atoms with E-state index in [1.54, 1.807) is 17.5 Å². The summed E-state index contributed by atoms with van der Waals surface area (Å²) >= 11 is 1.63. The quantitative estimate of drug-likeness (QED) is 0.929. The van der Waals surface area contributed by atoms with Crippen LogP contribution in [0.1, 0.15) is 29.8 Å². The van der Waals surface area contributed by atoms with Crippen molar-refractivity contribution in [3.8, 4) is 0 Å². The van der Waals surface area contributed by atoms with Crippen LogP contribution in [-0.2, 0) is 7.05 Å². The molecule has 0 amide bonds. The Kier molecular flexibility index (Phi) is 3.71. The molecule has 1 atom stereocenters. The lowest BCUT2D eigenvalue weighted by molar-refractivity contribution is 0.0825. The molecule has 0 saturated carbocycles. The van der Waals surface area contributed by atoms with Crippen molar-refractivity contribution in [2.45, 2.75) is 25.9 Å². The number of aliphatic hydroxyl groups is 1. The van der Waals surface area contributed by atoms with E-state index in [1.807, 2.05) is 24.7 Å². The lowest BCUT2D eigenvalue weighted by atomic mass is 9.91. The minimum Gasteiger partial charge on any atom is -0.385 e. The lowest BCUT2D eigenvalue weighted by Crippen LogP contribution is -2.36. The molecule has 0 spiro atoms. The maximum absolute atomic E-state index is 10.4. The van der Waals surface area contributed by atoms with Crippen molar-refractivity contribution in [1.29, 1.82) is 0 Å². The summed E-state index contributed by atoms with van der Waals surface area (Å²) in [5.41, 5.74) is 0. The minimum absolute atomic E-state index is 0.265. The fraction of sp³-hybridized carbons (Fsp3) is 0.615. The fourth-order valence-corrected chi connectivity index (χ4v) is 3.43. The topological polar surface area (TPSA) is 67.1 Å². The van der Waals surface area contributed by atoms with E-state index in [2.05, 4.69) is 20.1 Å². The van der Waals surface area contributed by atoms with Gasteiger partial charge in [-0.15, -0.1) is 10.2 Å². The molecule has 108 valence electrons. The summed E-state index contributed by atoms with van der Waals surface area (Å²) in [5.74, 6) is 1.02. The van der Waals surface area contributed by atoms with Crippen LogP contribution in [0.3, 0.4) is 0 Å². The summed E-state index contributed by atoms with van der Waals surface area (Å²) < 4.78 is 1.89. The molecule has 1 saturated heterocycles. The normalized spacial score (nSPS) is 18.4.